The molecule has 0 saturated carbocycles. The van der Waals surface area contributed by atoms with E-state index in [1.54, 1.807) is 35.9 Å². The molecule has 0 radical (unpaired) electrons. The molecule has 1 aromatic carbocycles. The second-order valence-electron chi connectivity index (χ2n) is 6.85. The van der Waals surface area contributed by atoms with E-state index in [-0.39, 0.29) is 11.6 Å². The molecule has 0 amide bonds. The number of anilines is 1. The second kappa shape index (κ2) is 8.77. The molecule has 1 unspecified atom stereocenters. The molecular weight excluding hydrogens is 446 g/mol. The van der Waals surface area contributed by atoms with Crippen LogP contribution in [0.15, 0.2) is 41.8 Å². The number of hydrogen-bond donors (Lipinski definition) is 1. The number of alkyl halides is 1. The number of benzene rings is 1. The van der Waals surface area contributed by atoms with Gasteiger partial charge in [-0.1, -0.05) is 0 Å². The zero-order valence-electron chi connectivity index (χ0n) is 16.7. The Labute approximate surface area is 185 Å². The number of methoxy groups -OCH3 is 1. The van der Waals surface area contributed by atoms with Crippen molar-refractivity contribution in [2.75, 3.05) is 18.6 Å². The predicted octanol–water partition coefficient (Wildman–Crippen LogP) is 1.66. The Kier molecular flexibility index (Phi) is 6.08. The minimum Gasteiger partial charge on any atom is -0.497 e. The molecule has 3 aromatic rings. The van der Waals surface area contributed by atoms with Gasteiger partial charge < -0.3 is 19.9 Å². The van der Waals surface area contributed by atoms with Crippen molar-refractivity contribution in [1.82, 2.24) is 19.5 Å². The third kappa shape index (κ3) is 4.21. The van der Waals surface area contributed by atoms with E-state index in [0.717, 1.165) is 0 Å². The van der Waals surface area contributed by atoms with Gasteiger partial charge in [-0.2, -0.15) is 0 Å². The molecule has 3 heterocycles. The van der Waals surface area contributed by atoms with Crippen LogP contribution >= 0.6 is 11.6 Å². The number of fused-ring (bicyclic) bond motifs is 1. The van der Waals surface area contributed by atoms with Crippen molar-refractivity contribution < 1.29 is 23.2 Å². The number of nitrogens with two attached hydrogens (primary N) is 1. The minimum absolute atomic E-state index is 0.110. The minimum atomic E-state index is -1.40. The van der Waals surface area contributed by atoms with Gasteiger partial charge >= 0.3 is 5.97 Å². The molecule has 1 aliphatic rings. The van der Waals surface area contributed by atoms with Gasteiger partial charge in [-0.05, 0) is 24.3 Å². The number of carbonyl (C=O) groups excluding carboxylic acids is 1. The van der Waals surface area contributed by atoms with E-state index in [1.807, 2.05) is 0 Å². The standard InChI is InChI=1S/C19H20ClN5O5S/c1-10(26)29-16-14(20)13(7-31(27)12-5-3-11(28-2)4-6-12)30-19(16)25-9-24-15-17(21)22-8-23-18(15)25/h3-6,8-9,13-14,16,19H,7H2,1-2H3,(H2,21,22,23)/t13-,14-,16-,19-,31?/m1/s1. The first-order valence-electron chi connectivity index (χ1n) is 9.31. The third-order valence-corrected chi connectivity index (χ3v) is 6.82. The van der Waals surface area contributed by atoms with Crippen LogP contribution in [0.1, 0.15) is 13.2 Å². The zero-order valence-corrected chi connectivity index (χ0v) is 18.2. The first-order valence-corrected chi connectivity index (χ1v) is 11.1. The van der Waals surface area contributed by atoms with Crippen LogP contribution in [0.4, 0.5) is 5.82 Å². The van der Waals surface area contributed by atoms with Gasteiger partial charge in [0, 0.05) is 11.8 Å². The van der Waals surface area contributed by atoms with Crippen LogP contribution in [-0.4, -0.2) is 60.1 Å². The van der Waals surface area contributed by atoms with Crippen LogP contribution in [0.3, 0.4) is 0 Å². The number of rotatable bonds is 6. The van der Waals surface area contributed by atoms with E-state index in [4.69, 9.17) is 31.5 Å². The lowest BCUT2D eigenvalue weighted by atomic mass is 10.2. The summed E-state index contributed by atoms with van der Waals surface area (Å²) in [5.41, 5.74) is 6.67. The lowest BCUT2D eigenvalue weighted by Crippen LogP contribution is -2.33. The molecule has 1 aliphatic heterocycles. The summed E-state index contributed by atoms with van der Waals surface area (Å²) in [5, 5.41) is -0.743. The Hall–Kier alpha value is -2.76. The van der Waals surface area contributed by atoms with Crippen molar-refractivity contribution >= 4 is 45.4 Å². The lowest BCUT2D eigenvalue weighted by Gasteiger charge is -2.20. The summed E-state index contributed by atoms with van der Waals surface area (Å²) in [5.74, 6) is 0.472. The molecule has 5 atom stereocenters. The quantitative estimate of drug-likeness (QED) is 0.426. The van der Waals surface area contributed by atoms with Crippen LogP contribution in [0.5, 0.6) is 5.75 Å². The van der Waals surface area contributed by atoms with Crippen molar-refractivity contribution in [3.8, 4) is 5.75 Å². The maximum atomic E-state index is 12.9. The van der Waals surface area contributed by atoms with Crippen molar-refractivity contribution in [3.63, 3.8) is 0 Å². The average molecular weight is 466 g/mol. The van der Waals surface area contributed by atoms with Gasteiger partial charge in [0.2, 0.25) is 0 Å². The SMILES string of the molecule is COc1ccc(S(=O)C[C@H]2O[C@@H](n3cnc4c(N)ncnc43)[C@H](OC(C)=O)[C@@H]2Cl)cc1. The van der Waals surface area contributed by atoms with Gasteiger partial charge in [0.25, 0.3) is 0 Å². The smallest absolute Gasteiger partial charge is 0.303 e. The highest BCUT2D eigenvalue weighted by Crippen LogP contribution is 2.37. The molecule has 2 aromatic heterocycles. The molecule has 1 saturated heterocycles. The molecule has 2 N–H and O–H groups in total. The molecule has 31 heavy (non-hydrogen) atoms. The van der Waals surface area contributed by atoms with Crippen molar-refractivity contribution in [3.05, 3.63) is 36.9 Å². The Balaban J connectivity index is 1.60. The number of hydrogen-bond acceptors (Lipinski definition) is 9. The Morgan fingerprint density at radius 3 is 2.71 bits per heavy atom. The van der Waals surface area contributed by atoms with E-state index < -0.39 is 40.6 Å². The molecule has 12 heteroatoms. The molecule has 164 valence electrons. The number of carbonyl (C=O) groups is 1. The lowest BCUT2D eigenvalue weighted by molar-refractivity contribution is -0.151. The van der Waals surface area contributed by atoms with E-state index in [2.05, 4.69) is 15.0 Å². The summed E-state index contributed by atoms with van der Waals surface area (Å²) < 4.78 is 31.2. The monoisotopic (exact) mass is 465 g/mol. The third-order valence-electron chi connectivity index (χ3n) is 4.87. The van der Waals surface area contributed by atoms with Crippen molar-refractivity contribution in [1.29, 1.82) is 0 Å². The Morgan fingerprint density at radius 1 is 1.29 bits per heavy atom. The molecule has 4 rings (SSSR count). The first-order chi connectivity index (χ1) is 14.9. The fourth-order valence-corrected chi connectivity index (χ4v) is 5.05. The number of esters is 1. The van der Waals surface area contributed by atoms with Crippen LogP contribution in [0.2, 0.25) is 0 Å². The van der Waals surface area contributed by atoms with E-state index in [0.29, 0.717) is 21.8 Å². The number of ether oxygens (including phenoxy) is 3. The van der Waals surface area contributed by atoms with Gasteiger partial charge in [-0.3, -0.25) is 13.6 Å². The summed E-state index contributed by atoms with van der Waals surface area (Å²) >= 11 is 6.61. The van der Waals surface area contributed by atoms with Gasteiger partial charge in [-0.25, -0.2) is 15.0 Å². The highest BCUT2D eigenvalue weighted by Gasteiger charge is 2.48. The number of aromatic nitrogens is 4. The number of halogens is 1. The predicted molar refractivity (Wildman–Crippen MR) is 113 cm³/mol. The van der Waals surface area contributed by atoms with Gasteiger partial charge in [-0.15, -0.1) is 11.6 Å². The number of nitrogens with zero attached hydrogens (tertiary/aromatic N) is 4. The summed E-state index contributed by atoms with van der Waals surface area (Å²) in [6.45, 7) is 1.29. The van der Waals surface area contributed by atoms with Crippen LogP contribution in [0, 0.1) is 0 Å². The van der Waals surface area contributed by atoms with Crippen molar-refractivity contribution in [2.45, 2.75) is 35.6 Å². The molecular formula is C19H20ClN5O5S. The highest BCUT2D eigenvalue weighted by atomic mass is 35.5. The fraction of sp³-hybridized carbons (Fsp3) is 0.368. The maximum Gasteiger partial charge on any atom is 0.303 e. The Morgan fingerprint density at radius 2 is 2.03 bits per heavy atom. The Bertz CT molecular complexity index is 1120. The molecule has 0 aliphatic carbocycles. The van der Waals surface area contributed by atoms with Gasteiger partial charge in [0.15, 0.2) is 23.8 Å². The van der Waals surface area contributed by atoms with Crippen molar-refractivity contribution in [2.24, 2.45) is 0 Å². The highest BCUT2D eigenvalue weighted by molar-refractivity contribution is 7.85. The number of imidazole rings is 1. The average Bonchev–Trinajstić information content (AvgIpc) is 3.31. The molecule has 1 fully saturated rings. The maximum absolute atomic E-state index is 12.9. The van der Waals surface area contributed by atoms with Gasteiger partial charge in [0.1, 0.15) is 23.0 Å². The summed E-state index contributed by atoms with van der Waals surface area (Å²) in [6.07, 6.45) is 0.466. The normalized spacial score (nSPS) is 24.2. The second-order valence-corrected chi connectivity index (χ2v) is 8.85. The summed E-state index contributed by atoms with van der Waals surface area (Å²) in [6, 6.07) is 6.90. The van der Waals surface area contributed by atoms with Crippen LogP contribution in [-0.2, 0) is 25.1 Å². The summed E-state index contributed by atoms with van der Waals surface area (Å²) in [7, 11) is 0.159. The fourth-order valence-electron chi connectivity index (χ4n) is 3.40. The summed E-state index contributed by atoms with van der Waals surface area (Å²) in [4.78, 5) is 24.7. The topological polar surface area (TPSA) is 131 Å². The van der Waals surface area contributed by atoms with E-state index in [1.165, 1.54) is 19.6 Å². The van der Waals surface area contributed by atoms with Gasteiger partial charge in [0.05, 0.1) is 36.1 Å². The van der Waals surface area contributed by atoms with E-state index in [9.17, 15) is 9.00 Å². The molecule has 0 spiro atoms. The molecule has 0 bridgehead atoms. The number of nitrogen functional groups attached to an aromatic ring is 1. The molecule has 10 nitrogen and oxygen atoms in total. The van der Waals surface area contributed by atoms with E-state index >= 15 is 0 Å². The first kappa shape index (κ1) is 21.5. The largest absolute Gasteiger partial charge is 0.497 e. The van der Waals surface area contributed by atoms with Crippen LogP contribution < -0.4 is 10.5 Å². The zero-order chi connectivity index (χ0) is 22.1. The van der Waals surface area contributed by atoms with Crippen LogP contribution in [0.25, 0.3) is 11.2 Å².